The molecule has 0 saturated carbocycles. The van der Waals surface area contributed by atoms with Crippen molar-refractivity contribution >= 4 is 34.8 Å². The molecule has 0 heterocycles. The van der Waals surface area contributed by atoms with Crippen molar-refractivity contribution in [3.05, 3.63) is 11.6 Å². The van der Waals surface area contributed by atoms with Crippen molar-refractivity contribution in [2.75, 3.05) is 0 Å². The lowest BCUT2D eigenvalue weighted by molar-refractivity contribution is 0.519. The average Bonchev–Trinajstić information content (AvgIpc) is 1.99. The molecule has 0 saturated heterocycles. The summed E-state index contributed by atoms with van der Waals surface area (Å²) in [4.78, 5) is -0.524. The van der Waals surface area contributed by atoms with E-state index < -0.39 is 4.87 Å². The normalized spacial score (nSPS) is 18.4. The van der Waals surface area contributed by atoms with Crippen LogP contribution in [-0.4, -0.2) is 10.3 Å². The van der Waals surface area contributed by atoms with Crippen LogP contribution in [-0.2, 0) is 0 Å². The lowest BCUT2D eigenvalue weighted by atomic mass is 9.98. The molecule has 2 atom stereocenters. The second-order valence-corrected chi connectivity index (χ2v) is 5.75. The van der Waals surface area contributed by atoms with Crippen molar-refractivity contribution in [1.29, 1.82) is 0 Å². The van der Waals surface area contributed by atoms with E-state index in [1.165, 1.54) is 0 Å². The maximum absolute atomic E-state index is 6.13. The highest BCUT2D eigenvalue weighted by molar-refractivity contribution is 6.39. The first-order chi connectivity index (χ1) is 5.77. The Morgan fingerprint density at radius 2 is 1.92 bits per heavy atom. The largest absolute Gasteiger partial charge is 0.123 e. The van der Waals surface area contributed by atoms with Crippen LogP contribution in [0.3, 0.4) is 0 Å². The van der Waals surface area contributed by atoms with Gasteiger partial charge in [0.25, 0.3) is 0 Å². The van der Waals surface area contributed by atoms with Crippen molar-refractivity contribution < 1.29 is 0 Å². The smallest absolute Gasteiger partial charge is 0.0767 e. The minimum Gasteiger partial charge on any atom is -0.123 e. The summed E-state index contributed by atoms with van der Waals surface area (Å²) >= 11 is 18.0. The summed E-state index contributed by atoms with van der Waals surface area (Å²) in [6.07, 6.45) is 1.63. The molecule has 0 unspecified atom stereocenters. The van der Waals surface area contributed by atoms with E-state index in [0.29, 0.717) is 11.0 Å². The third kappa shape index (κ3) is 5.15. The molecule has 0 amide bonds. The Kier molecular flexibility index (Phi) is 5.74. The topological polar surface area (TPSA) is 0 Å². The van der Waals surface area contributed by atoms with Crippen molar-refractivity contribution in [2.45, 2.75) is 43.9 Å². The Balaban J connectivity index is 3.95. The van der Waals surface area contributed by atoms with Crippen molar-refractivity contribution in [2.24, 2.45) is 5.92 Å². The summed E-state index contributed by atoms with van der Waals surface area (Å²) in [5, 5.41) is 0.649. The molecule has 0 N–H and O–H groups in total. The second kappa shape index (κ2) is 5.48. The summed E-state index contributed by atoms with van der Waals surface area (Å²) in [6, 6.07) is 0. The Bertz CT molecular complexity index is 173. The van der Waals surface area contributed by atoms with Crippen LogP contribution in [0.15, 0.2) is 11.6 Å². The monoisotopic (exact) mass is 242 g/mol. The predicted octanol–water partition coefficient (Wildman–Crippen LogP) is 4.78. The molecular weight excluding hydrogens is 226 g/mol. The Labute approximate surface area is 96.2 Å². The standard InChI is InChI=1S/C10H17Cl3/c1-7(2)9(12)5-6-10(4,13)8(3)11/h7,9H,3,5-6H2,1-2,4H3/t9-,10-/m1/s1. The Morgan fingerprint density at radius 3 is 2.23 bits per heavy atom. The Morgan fingerprint density at radius 1 is 1.46 bits per heavy atom. The van der Waals surface area contributed by atoms with Gasteiger partial charge in [-0.2, -0.15) is 0 Å². The molecule has 0 spiro atoms. The van der Waals surface area contributed by atoms with Crippen LogP contribution in [0.4, 0.5) is 0 Å². The molecule has 0 aromatic carbocycles. The number of allylic oxidation sites excluding steroid dienone is 1. The average molecular weight is 244 g/mol. The third-order valence-electron chi connectivity index (χ3n) is 2.18. The first-order valence-corrected chi connectivity index (χ1v) is 5.64. The molecule has 0 bridgehead atoms. The van der Waals surface area contributed by atoms with Gasteiger partial charge in [0.15, 0.2) is 0 Å². The molecule has 0 aromatic rings. The van der Waals surface area contributed by atoms with Crippen LogP contribution < -0.4 is 0 Å². The first kappa shape index (κ1) is 13.6. The van der Waals surface area contributed by atoms with Crippen molar-refractivity contribution in [3.8, 4) is 0 Å². The Hall–Kier alpha value is 0.610. The number of hydrogen-bond donors (Lipinski definition) is 0. The fourth-order valence-electron chi connectivity index (χ4n) is 0.878. The van der Waals surface area contributed by atoms with Gasteiger partial charge in [-0.15, -0.1) is 23.2 Å². The van der Waals surface area contributed by atoms with Gasteiger partial charge < -0.3 is 0 Å². The third-order valence-corrected chi connectivity index (χ3v) is 3.83. The van der Waals surface area contributed by atoms with Gasteiger partial charge in [0, 0.05) is 10.4 Å². The van der Waals surface area contributed by atoms with E-state index in [4.69, 9.17) is 34.8 Å². The van der Waals surface area contributed by atoms with Gasteiger partial charge in [0.05, 0.1) is 4.87 Å². The second-order valence-electron chi connectivity index (χ2n) is 3.90. The van der Waals surface area contributed by atoms with Gasteiger partial charge in [-0.25, -0.2) is 0 Å². The van der Waals surface area contributed by atoms with E-state index in [0.717, 1.165) is 12.8 Å². The molecular formula is C10H17Cl3. The molecule has 0 aliphatic carbocycles. The highest BCUT2D eigenvalue weighted by Crippen LogP contribution is 2.33. The summed E-state index contributed by atoms with van der Waals surface area (Å²) in [5.74, 6) is 0.470. The molecule has 13 heavy (non-hydrogen) atoms. The van der Waals surface area contributed by atoms with Crippen LogP contribution in [0.1, 0.15) is 33.6 Å². The van der Waals surface area contributed by atoms with Crippen molar-refractivity contribution in [3.63, 3.8) is 0 Å². The van der Waals surface area contributed by atoms with Crippen molar-refractivity contribution in [1.82, 2.24) is 0 Å². The highest BCUT2D eigenvalue weighted by atomic mass is 35.5. The van der Waals surface area contributed by atoms with E-state index >= 15 is 0 Å². The molecule has 0 rings (SSSR count). The summed E-state index contributed by atoms with van der Waals surface area (Å²) in [5.41, 5.74) is 0. The quantitative estimate of drug-likeness (QED) is 0.610. The fraction of sp³-hybridized carbons (Fsp3) is 0.800. The van der Waals surface area contributed by atoms with Gasteiger partial charge >= 0.3 is 0 Å². The maximum atomic E-state index is 6.13. The minimum absolute atomic E-state index is 0.161. The molecule has 0 aromatic heterocycles. The lowest BCUT2D eigenvalue weighted by Crippen LogP contribution is -2.19. The molecule has 0 fully saturated rings. The molecule has 0 aliphatic rings. The predicted molar refractivity (Wildman–Crippen MR) is 63.0 cm³/mol. The fourth-order valence-corrected chi connectivity index (χ4v) is 1.19. The van der Waals surface area contributed by atoms with Gasteiger partial charge in [0.2, 0.25) is 0 Å². The zero-order chi connectivity index (χ0) is 10.6. The number of rotatable bonds is 5. The summed E-state index contributed by atoms with van der Waals surface area (Å²) in [6.45, 7) is 9.70. The van der Waals surface area contributed by atoms with E-state index in [1.54, 1.807) is 0 Å². The van der Waals surface area contributed by atoms with Crippen LogP contribution in [0.5, 0.6) is 0 Å². The lowest BCUT2D eigenvalue weighted by Gasteiger charge is -2.23. The van der Waals surface area contributed by atoms with Crippen LogP contribution in [0.25, 0.3) is 0 Å². The van der Waals surface area contributed by atoms with E-state index in [1.807, 2.05) is 6.92 Å². The minimum atomic E-state index is -0.524. The van der Waals surface area contributed by atoms with Crippen LogP contribution in [0, 0.1) is 5.92 Å². The molecule has 0 radical (unpaired) electrons. The molecule has 0 nitrogen and oxygen atoms in total. The van der Waals surface area contributed by atoms with E-state index in [2.05, 4.69) is 20.4 Å². The van der Waals surface area contributed by atoms with Crippen LogP contribution >= 0.6 is 34.8 Å². The maximum Gasteiger partial charge on any atom is 0.0767 e. The van der Waals surface area contributed by atoms with Crippen LogP contribution in [0.2, 0.25) is 0 Å². The van der Waals surface area contributed by atoms with E-state index in [-0.39, 0.29) is 5.38 Å². The zero-order valence-electron chi connectivity index (χ0n) is 8.41. The van der Waals surface area contributed by atoms with E-state index in [9.17, 15) is 0 Å². The number of alkyl halides is 2. The van der Waals surface area contributed by atoms with Gasteiger partial charge in [-0.3, -0.25) is 0 Å². The first-order valence-electron chi connectivity index (χ1n) is 4.45. The zero-order valence-corrected chi connectivity index (χ0v) is 10.7. The van der Waals surface area contributed by atoms with Gasteiger partial charge in [-0.1, -0.05) is 32.0 Å². The SMILES string of the molecule is C=C(Cl)[C@](C)(Cl)CC[C@@H](Cl)C(C)C. The van der Waals surface area contributed by atoms with Gasteiger partial charge in [0.1, 0.15) is 0 Å². The number of halogens is 3. The van der Waals surface area contributed by atoms with Gasteiger partial charge in [-0.05, 0) is 25.7 Å². The summed E-state index contributed by atoms with van der Waals surface area (Å²) in [7, 11) is 0. The molecule has 78 valence electrons. The summed E-state index contributed by atoms with van der Waals surface area (Å²) < 4.78 is 0. The molecule has 0 aliphatic heterocycles. The molecule has 3 heteroatoms. The number of hydrogen-bond acceptors (Lipinski definition) is 0. The highest BCUT2D eigenvalue weighted by Gasteiger charge is 2.25.